The molecule has 0 amide bonds. The molecule has 14 heteroatoms. The molecule has 2 aliphatic carbocycles. The van der Waals surface area contributed by atoms with Crippen molar-refractivity contribution < 1.29 is 17.9 Å². The monoisotopic (exact) mass is 606 g/mol. The summed E-state index contributed by atoms with van der Waals surface area (Å²) in [6, 6.07) is 6.10. The van der Waals surface area contributed by atoms with Crippen LogP contribution in [0.2, 0.25) is 0 Å². The molecule has 0 spiro atoms. The van der Waals surface area contributed by atoms with Crippen LogP contribution in [-0.2, 0) is 18.3 Å². The van der Waals surface area contributed by atoms with Crippen LogP contribution in [0, 0.1) is 11.3 Å². The molecular weight excluding hydrogens is 573 g/mol. The average Bonchev–Trinajstić information content (AvgIpc) is 3.34. The van der Waals surface area contributed by atoms with Crippen molar-refractivity contribution in [1.82, 2.24) is 44.9 Å². The van der Waals surface area contributed by atoms with E-state index in [-0.39, 0.29) is 29.8 Å². The maximum absolute atomic E-state index is 13.5. The highest BCUT2D eigenvalue weighted by Gasteiger charge is 2.48. The summed E-state index contributed by atoms with van der Waals surface area (Å²) >= 11 is 0. The number of ether oxygens (including phenoxy) is 1. The fourth-order valence-corrected chi connectivity index (χ4v) is 6.38. The summed E-state index contributed by atoms with van der Waals surface area (Å²) in [7, 11) is 0. The third-order valence-corrected chi connectivity index (χ3v) is 9.25. The van der Waals surface area contributed by atoms with E-state index in [2.05, 4.69) is 46.3 Å². The summed E-state index contributed by atoms with van der Waals surface area (Å²) in [5.41, 5.74) is 2.22. The number of aromatic nitrogens is 7. The van der Waals surface area contributed by atoms with Gasteiger partial charge in [0, 0.05) is 60.6 Å². The fourth-order valence-electron chi connectivity index (χ4n) is 6.38. The van der Waals surface area contributed by atoms with E-state index in [4.69, 9.17) is 4.74 Å². The van der Waals surface area contributed by atoms with Gasteiger partial charge < -0.3 is 15.0 Å². The van der Waals surface area contributed by atoms with E-state index < -0.39 is 17.5 Å². The Hall–Kier alpha value is -4.09. The molecule has 0 atom stereocenters. The number of nitrogens with zero attached hydrogens (tertiary/aromatic N) is 8. The van der Waals surface area contributed by atoms with E-state index in [0.29, 0.717) is 38.4 Å². The maximum Gasteiger partial charge on any atom is 0.451 e. The van der Waals surface area contributed by atoms with Gasteiger partial charge in [-0.3, -0.25) is 9.58 Å². The normalized spacial score (nSPS) is 22.8. The van der Waals surface area contributed by atoms with Gasteiger partial charge in [0.2, 0.25) is 11.7 Å². The number of hydrogen-bond donors (Lipinski definition) is 2. The molecule has 2 N–H and O–H groups in total. The Morgan fingerprint density at radius 1 is 1.16 bits per heavy atom. The third kappa shape index (κ3) is 5.61. The number of nitriles is 1. The van der Waals surface area contributed by atoms with Gasteiger partial charge in [-0.1, -0.05) is 0 Å². The van der Waals surface area contributed by atoms with Crippen LogP contribution in [0.25, 0.3) is 22.3 Å². The summed E-state index contributed by atoms with van der Waals surface area (Å²) in [5, 5.41) is 18.5. The van der Waals surface area contributed by atoms with Crippen LogP contribution in [0.5, 0.6) is 5.88 Å². The van der Waals surface area contributed by atoms with Gasteiger partial charge in [-0.15, -0.1) is 0 Å². The number of likely N-dealkylation sites (tertiary alicyclic amines) is 1. The third-order valence-electron chi connectivity index (χ3n) is 9.25. The van der Waals surface area contributed by atoms with Gasteiger partial charge in [-0.2, -0.15) is 28.5 Å². The molecule has 5 heterocycles. The van der Waals surface area contributed by atoms with E-state index in [0.717, 1.165) is 48.0 Å². The van der Waals surface area contributed by atoms with Crippen LogP contribution in [0.15, 0.2) is 37.1 Å². The summed E-state index contributed by atoms with van der Waals surface area (Å²) < 4.78 is 48.5. The van der Waals surface area contributed by atoms with Crippen molar-refractivity contribution in [3.05, 3.63) is 48.6 Å². The lowest BCUT2D eigenvalue weighted by Crippen LogP contribution is -2.65. The lowest BCUT2D eigenvalue weighted by atomic mass is 9.82. The molecule has 4 aromatic heterocycles. The van der Waals surface area contributed by atoms with Crippen molar-refractivity contribution >= 4 is 11.0 Å². The number of hydrogen-bond acceptors (Lipinski definition) is 9. The Kier molecular flexibility index (Phi) is 7.05. The Bertz CT molecular complexity index is 1690. The topological polar surface area (TPSA) is 133 Å². The van der Waals surface area contributed by atoms with Gasteiger partial charge in [-0.25, -0.2) is 15.0 Å². The van der Waals surface area contributed by atoms with Crippen molar-refractivity contribution in [2.24, 2.45) is 0 Å². The summed E-state index contributed by atoms with van der Waals surface area (Å²) in [6.45, 7) is 3.66. The van der Waals surface area contributed by atoms with Crippen LogP contribution >= 0.6 is 0 Å². The zero-order chi connectivity index (χ0) is 30.5. The molecule has 11 nitrogen and oxygen atoms in total. The maximum atomic E-state index is 13.5. The van der Waals surface area contributed by atoms with Crippen LogP contribution in [-0.4, -0.2) is 70.4 Å². The SMILES string of the molecule is CC1(NCc2cc(OC3CCC(N4CC(CC#N)(n5cc(-c6ncnc7[nH]ccc67)cn5)C4)CC3)nc(C(F)(F)F)n2)CC1. The van der Waals surface area contributed by atoms with Crippen molar-refractivity contribution in [3.8, 4) is 23.2 Å². The molecule has 7 rings (SSSR count). The van der Waals surface area contributed by atoms with Crippen LogP contribution in [0.3, 0.4) is 0 Å². The molecule has 0 unspecified atom stereocenters. The molecule has 3 aliphatic rings. The number of halogens is 3. The summed E-state index contributed by atoms with van der Waals surface area (Å²) in [4.78, 5) is 21.6. The first-order valence-corrected chi connectivity index (χ1v) is 14.9. The van der Waals surface area contributed by atoms with E-state index in [1.54, 1.807) is 6.20 Å². The van der Waals surface area contributed by atoms with Gasteiger partial charge in [0.15, 0.2) is 0 Å². The fraction of sp³-hybridized carbons (Fsp3) is 0.533. The minimum atomic E-state index is -4.65. The van der Waals surface area contributed by atoms with Crippen LogP contribution in [0.4, 0.5) is 13.2 Å². The highest BCUT2D eigenvalue weighted by molar-refractivity contribution is 5.90. The Morgan fingerprint density at radius 3 is 2.68 bits per heavy atom. The number of alkyl halides is 3. The lowest BCUT2D eigenvalue weighted by Gasteiger charge is -2.53. The molecule has 2 saturated carbocycles. The second-order valence-electron chi connectivity index (χ2n) is 12.6. The van der Waals surface area contributed by atoms with Gasteiger partial charge in [0.25, 0.3) is 0 Å². The van der Waals surface area contributed by atoms with Crippen LogP contribution < -0.4 is 10.1 Å². The minimum absolute atomic E-state index is 0.0272. The van der Waals surface area contributed by atoms with Crippen molar-refractivity contribution in [2.75, 3.05) is 13.1 Å². The molecule has 4 aromatic rings. The van der Waals surface area contributed by atoms with Crippen LogP contribution in [0.1, 0.15) is 63.4 Å². The number of aromatic amines is 1. The Balaban J connectivity index is 0.980. The largest absolute Gasteiger partial charge is 0.474 e. The van der Waals surface area contributed by atoms with E-state index >= 15 is 0 Å². The smallest absolute Gasteiger partial charge is 0.451 e. The first-order chi connectivity index (χ1) is 21.1. The highest BCUT2D eigenvalue weighted by atomic mass is 19.4. The Morgan fingerprint density at radius 2 is 1.95 bits per heavy atom. The van der Waals surface area contributed by atoms with Crippen molar-refractivity contribution in [2.45, 2.75) is 87.8 Å². The first kappa shape index (κ1) is 28.7. The second-order valence-corrected chi connectivity index (χ2v) is 12.6. The first-order valence-electron chi connectivity index (χ1n) is 14.9. The van der Waals surface area contributed by atoms with E-state index in [9.17, 15) is 18.4 Å². The van der Waals surface area contributed by atoms with E-state index in [1.807, 2.05) is 30.1 Å². The molecule has 0 aromatic carbocycles. The van der Waals surface area contributed by atoms with Crippen molar-refractivity contribution in [3.63, 3.8) is 0 Å². The molecule has 0 bridgehead atoms. The summed E-state index contributed by atoms with van der Waals surface area (Å²) in [6.07, 6.45) is 7.63. The average molecular weight is 607 g/mol. The quantitative estimate of drug-likeness (QED) is 0.281. The number of H-pyrrole nitrogens is 1. The molecule has 230 valence electrons. The number of fused-ring (bicyclic) bond motifs is 1. The molecule has 1 aliphatic heterocycles. The molecular formula is C30H33F3N10O. The van der Waals surface area contributed by atoms with Gasteiger partial charge in [-0.05, 0) is 51.5 Å². The predicted molar refractivity (Wildman–Crippen MR) is 153 cm³/mol. The standard InChI is InChI=1S/C30H33F3N10O/c1-28(7-8-28)38-14-20-12-24(41-27(40-20)30(31,32)33)44-22-4-2-21(3-5-22)42-16-29(17-42,9-10-34)43-15-19(13-39-43)25-23-6-11-35-26(23)37-18-36-25/h6,11-13,15,18,21-22,38H,2-5,7-9,14,16-17H2,1H3,(H,35,36,37). The van der Waals surface area contributed by atoms with Gasteiger partial charge in [0.1, 0.15) is 23.6 Å². The molecule has 1 saturated heterocycles. The zero-order valence-corrected chi connectivity index (χ0v) is 24.3. The predicted octanol–water partition coefficient (Wildman–Crippen LogP) is 4.59. The minimum Gasteiger partial charge on any atom is -0.474 e. The lowest BCUT2D eigenvalue weighted by molar-refractivity contribution is -0.145. The highest BCUT2D eigenvalue weighted by Crippen LogP contribution is 2.39. The van der Waals surface area contributed by atoms with Crippen molar-refractivity contribution in [1.29, 1.82) is 5.26 Å². The summed E-state index contributed by atoms with van der Waals surface area (Å²) in [5.74, 6) is -1.20. The second kappa shape index (κ2) is 10.8. The number of rotatable bonds is 9. The molecule has 0 radical (unpaired) electrons. The number of nitrogens with one attached hydrogen (secondary N) is 2. The molecule has 44 heavy (non-hydrogen) atoms. The molecule has 3 fully saturated rings. The Labute approximate surface area is 251 Å². The van der Waals surface area contributed by atoms with Gasteiger partial charge in [0.05, 0.1) is 30.1 Å². The van der Waals surface area contributed by atoms with E-state index in [1.165, 1.54) is 12.4 Å². The van der Waals surface area contributed by atoms with Gasteiger partial charge >= 0.3 is 6.18 Å². The zero-order valence-electron chi connectivity index (χ0n) is 24.3.